The van der Waals surface area contributed by atoms with Gasteiger partial charge in [-0.15, -0.1) is 0 Å². The molecule has 3 nitrogen and oxygen atoms in total. The molecule has 0 saturated carbocycles. The van der Waals surface area contributed by atoms with Gasteiger partial charge >= 0.3 is 0 Å². The van der Waals surface area contributed by atoms with Crippen LogP contribution in [0.15, 0.2) is 22.7 Å². The summed E-state index contributed by atoms with van der Waals surface area (Å²) in [6, 6.07) is 4.44. The van der Waals surface area contributed by atoms with Crippen LogP contribution in [-0.2, 0) is 14.3 Å². The second-order valence-electron chi connectivity index (χ2n) is 3.59. The van der Waals surface area contributed by atoms with Gasteiger partial charge in [-0.2, -0.15) is 8.42 Å². The molecule has 16 heavy (non-hydrogen) atoms. The molecule has 0 aliphatic heterocycles. The Labute approximate surface area is 103 Å². The zero-order valence-corrected chi connectivity index (χ0v) is 11.3. The minimum atomic E-state index is -3.45. The largest absolute Gasteiger partial charge is 0.270 e. The minimum Gasteiger partial charge on any atom is -0.270 e. The van der Waals surface area contributed by atoms with Crippen LogP contribution >= 0.6 is 15.9 Å². The highest BCUT2D eigenvalue weighted by Gasteiger charge is 2.11. The van der Waals surface area contributed by atoms with E-state index in [0.29, 0.717) is 10.0 Å². The molecule has 0 saturated heterocycles. The Bertz CT molecular complexity index is 453. The van der Waals surface area contributed by atoms with Crippen LogP contribution in [0.2, 0.25) is 0 Å². The summed E-state index contributed by atoms with van der Waals surface area (Å²) in [4.78, 5) is 0. The highest BCUT2D eigenvalue weighted by atomic mass is 79.9. The molecular weight excluding hydrogens is 299 g/mol. The van der Waals surface area contributed by atoms with E-state index in [2.05, 4.69) is 20.1 Å². The fraction of sp³-hybridized carbons (Fsp3) is 0.400. The van der Waals surface area contributed by atoms with Crippen molar-refractivity contribution in [3.63, 3.8) is 0 Å². The first-order valence-electron chi connectivity index (χ1n) is 4.58. The summed E-state index contributed by atoms with van der Waals surface area (Å²) >= 11 is 3.17. The molecule has 0 radical (unpaired) electrons. The summed E-state index contributed by atoms with van der Waals surface area (Å²) in [7, 11) is -3.45. The lowest BCUT2D eigenvalue weighted by Crippen LogP contribution is -2.10. The van der Waals surface area contributed by atoms with Crippen molar-refractivity contribution in [2.45, 2.75) is 12.8 Å². The average Bonchev–Trinajstić information content (AvgIpc) is 2.11. The van der Waals surface area contributed by atoms with Gasteiger partial charge in [0.25, 0.3) is 10.1 Å². The van der Waals surface area contributed by atoms with Gasteiger partial charge < -0.3 is 0 Å². The van der Waals surface area contributed by atoms with E-state index in [1.54, 1.807) is 13.0 Å². The van der Waals surface area contributed by atoms with Crippen LogP contribution in [0, 0.1) is 5.82 Å². The zero-order valence-electron chi connectivity index (χ0n) is 8.91. The Kier molecular flexibility index (Phi) is 4.46. The number of hydrogen-bond donors (Lipinski definition) is 0. The molecule has 0 bridgehead atoms. The number of hydrogen-bond acceptors (Lipinski definition) is 3. The Morgan fingerprint density at radius 1 is 1.44 bits per heavy atom. The molecule has 0 N–H and O–H groups in total. The molecule has 1 atom stereocenters. The molecule has 0 fully saturated rings. The van der Waals surface area contributed by atoms with Crippen LogP contribution in [0.4, 0.5) is 4.39 Å². The van der Waals surface area contributed by atoms with E-state index in [-0.39, 0.29) is 18.3 Å². The summed E-state index contributed by atoms with van der Waals surface area (Å²) in [5.41, 5.74) is 0.690. The summed E-state index contributed by atoms with van der Waals surface area (Å²) in [5, 5.41) is 0. The number of halogens is 2. The molecule has 1 aromatic rings. The predicted octanol–water partition coefficient (Wildman–Crippen LogP) is 2.67. The van der Waals surface area contributed by atoms with Crippen LogP contribution in [0.25, 0.3) is 0 Å². The second kappa shape index (κ2) is 5.25. The maximum atomic E-state index is 13.1. The standard InChI is InChI=1S/C10H12BrFO3S/c1-7(6-15-16(2,13)14)8-3-9(11)5-10(12)4-8/h3-5,7H,6H2,1-2H3/t7-/m1/s1. The van der Waals surface area contributed by atoms with E-state index in [9.17, 15) is 12.8 Å². The van der Waals surface area contributed by atoms with Crippen molar-refractivity contribution in [2.24, 2.45) is 0 Å². The normalized spacial score (nSPS) is 13.8. The SMILES string of the molecule is C[C@H](COS(C)(=O)=O)c1cc(F)cc(Br)c1. The Morgan fingerprint density at radius 3 is 2.56 bits per heavy atom. The minimum absolute atomic E-state index is 0.00866. The first kappa shape index (κ1) is 13.6. The Hall–Kier alpha value is -0.460. The first-order chi connectivity index (χ1) is 7.28. The molecule has 0 amide bonds. The fourth-order valence-corrected chi connectivity index (χ4v) is 2.12. The third-order valence-corrected chi connectivity index (χ3v) is 3.01. The smallest absolute Gasteiger partial charge is 0.264 e. The first-order valence-corrected chi connectivity index (χ1v) is 7.19. The van der Waals surface area contributed by atoms with Gasteiger partial charge in [-0.05, 0) is 23.8 Å². The summed E-state index contributed by atoms with van der Waals surface area (Å²) in [5.74, 6) is -0.558. The van der Waals surface area contributed by atoms with Gasteiger partial charge in [0.15, 0.2) is 0 Å². The molecule has 0 aliphatic rings. The lowest BCUT2D eigenvalue weighted by atomic mass is 10.0. The van der Waals surface area contributed by atoms with Crippen LogP contribution in [-0.4, -0.2) is 21.3 Å². The van der Waals surface area contributed by atoms with E-state index in [4.69, 9.17) is 0 Å². The molecule has 0 aromatic heterocycles. The van der Waals surface area contributed by atoms with Gasteiger partial charge in [-0.3, -0.25) is 4.18 Å². The molecule has 90 valence electrons. The van der Waals surface area contributed by atoms with Crippen molar-refractivity contribution in [1.29, 1.82) is 0 Å². The maximum Gasteiger partial charge on any atom is 0.264 e. The second-order valence-corrected chi connectivity index (χ2v) is 6.15. The van der Waals surface area contributed by atoms with E-state index < -0.39 is 10.1 Å². The Balaban J connectivity index is 2.76. The van der Waals surface area contributed by atoms with Gasteiger partial charge in [0.1, 0.15) is 5.82 Å². The Morgan fingerprint density at radius 2 is 2.06 bits per heavy atom. The molecule has 0 unspecified atom stereocenters. The molecule has 6 heteroatoms. The van der Waals surface area contributed by atoms with Crippen molar-refractivity contribution >= 4 is 26.0 Å². The monoisotopic (exact) mass is 310 g/mol. The molecular formula is C10H12BrFO3S. The van der Waals surface area contributed by atoms with E-state index >= 15 is 0 Å². The molecule has 0 spiro atoms. The fourth-order valence-electron chi connectivity index (χ4n) is 1.18. The quantitative estimate of drug-likeness (QED) is 0.803. The van der Waals surface area contributed by atoms with Crippen LogP contribution in [0.1, 0.15) is 18.4 Å². The van der Waals surface area contributed by atoms with Crippen molar-refractivity contribution in [3.8, 4) is 0 Å². The highest BCUT2D eigenvalue weighted by molar-refractivity contribution is 9.10. The van der Waals surface area contributed by atoms with Gasteiger partial charge in [-0.25, -0.2) is 4.39 Å². The average molecular weight is 311 g/mol. The summed E-state index contributed by atoms with van der Waals surface area (Å²) in [6.45, 7) is 1.78. The lowest BCUT2D eigenvalue weighted by molar-refractivity contribution is 0.301. The van der Waals surface area contributed by atoms with Gasteiger partial charge in [-0.1, -0.05) is 22.9 Å². The van der Waals surface area contributed by atoms with Crippen molar-refractivity contribution in [1.82, 2.24) is 0 Å². The van der Waals surface area contributed by atoms with Crippen molar-refractivity contribution in [3.05, 3.63) is 34.1 Å². The maximum absolute atomic E-state index is 13.1. The topological polar surface area (TPSA) is 43.4 Å². The van der Waals surface area contributed by atoms with Gasteiger partial charge in [0.2, 0.25) is 0 Å². The van der Waals surface area contributed by atoms with Crippen LogP contribution < -0.4 is 0 Å². The molecule has 0 aliphatic carbocycles. The van der Waals surface area contributed by atoms with E-state index in [0.717, 1.165) is 6.26 Å². The lowest BCUT2D eigenvalue weighted by Gasteiger charge is -2.11. The van der Waals surface area contributed by atoms with Crippen molar-refractivity contribution in [2.75, 3.05) is 12.9 Å². The summed E-state index contributed by atoms with van der Waals surface area (Å²) < 4.78 is 39.9. The number of rotatable bonds is 4. The van der Waals surface area contributed by atoms with Gasteiger partial charge in [0.05, 0.1) is 12.9 Å². The molecule has 1 rings (SSSR count). The van der Waals surface area contributed by atoms with Gasteiger partial charge in [0, 0.05) is 10.4 Å². The zero-order chi connectivity index (χ0) is 12.3. The van der Waals surface area contributed by atoms with Crippen LogP contribution in [0.3, 0.4) is 0 Å². The van der Waals surface area contributed by atoms with E-state index in [1.165, 1.54) is 12.1 Å². The molecule has 1 aromatic carbocycles. The highest BCUT2D eigenvalue weighted by Crippen LogP contribution is 2.22. The van der Waals surface area contributed by atoms with E-state index in [1.807, 2.05) is 0 Å². The predicted molar refractivity (Wildman–Crippen MR) is 63.3 cm³/mol. The third-order valence-electron chi connectivity index (χ3n) is 1.99. The third kappa shape index (κ3) is 4.59. The summed E-state index contributed by atoms with van der Waals surface area (Å²) in [6.07, 6.45) is 0.987. The number of benzene rings is 1. The van der Waals surface area contributed by atoms with Crippen molar-refractivity contribution < 1.29 is 17.0 Å². The molecule has 0 heterocycles. The van der Waals surface area contributed by atoms with Crippen LogP contribution in [0.5, 0.6) is 0 Å².